The minimum atomic E-state index is -0.832. The average molecular weight is 487 g/mol. The van der Waals surface area contributed by atoms with Crippen LogP contribution in [0.2, 0.25) is 5.02 Å². The number of anilines is 2. The van der Waals surface area contributed by atoms with Gasteiger partial charge in [0.15, 0.2) is 0 Å². The molecular weight excluding hydrogens is 459 g/mol. The van der Waals surface area contributed by atoms with E-state index in [9.17, 15) is 19.1 Å². The lowest BCUT2D eigenvalue weighted by atomic mass is 9.48. The zero-order chi connectivity index (χ0) is 23.6. The first-order chi connectivity index (χ1) is 16.4. The van der Waals surface area contributed by atoms with Crippen LogP contribution in [0.5, 0.6) is 0 Å². The lowest BCUT2D eigenvalue weighted by Gasteiger charge is -2.59. The van der Waals surface area contributed by atoms with Crippen molar-refractivity contribution < 1.29 is 14.3 Å². The molecule has 0 spiro atoms. The van der Waals surface area contributed by atoms with Gasteiger partial charge in [-0.05, 0) is 62.0 Å². The first kappa shape index (κ1) is 21.9. The van der Waals surface area contributed by atoms with Gasteiger partial charge in [0.1, 0.15) is 10.8 Å². The molecule has 3 unspecified atom stereocenters. The van der Waals surface area contributed by atoms with E-state index in [1.165, 1.54) is 10.7 Å². The summed E-state index contributed by atoms with van der Waals surface area (Å²) in [6.45, 7) is 2.34. The Bertz CT molecular complexity index is 1180. The van der Waals surface area contributed by atoms with Crippen LogP contribution in [0.1, 0.15) is 32.1 Å². The summed E-state index contributed by atoms with van der Waals surface area (Å²) in [7, 11) is 0. The van der Waals surface area contributed by atoms with Gasteiger partial charge in [0.05, 0.1) is 29.0 Å². The molecular formula is C25H28ClFN4O3. The summed E-state index contributed by atoms with van der Waals surface area (Å²) < 4.78 is 15.6. The molecule has 3 atom stereocenters. The van der Waals surface area contributed by atoms with Crippen molar-refractivity contribution in [3.05, 3.63) is 51.7 Å². The molecule has 5 fully saturated rings. The van der Waals surface area contributed by atoms with Crippen LogP contribution in [0, 0.1) is 29.5 Å². The maximum atomic E-state index is 14.2. The van der Waals surface area contributed by atoms with E-state index in [0.717, 1.165) is 19.3 Å². The van der Waals surface area contributed by atoms with Gasteiger partial charge in [-0.15, -0.1) is 0 Å². The summed E-state index contributed by atoms with van der Waals surface area (Å²) in [5.41, 5.74) is -0.0523. The van der Waals surface area contributed by atoms with Gasteiger partial charge >= 0.3 is 5.97 Å². The van der Waals surface area contributed by atoms with E-state index in [1.54, 1.807) is 18.3 Å². The first-order valence-corrected chi connectivity index (χ1v) is 12.5. The van der Waals surface area contributed by atoms with E-state index in [2.05, 4.69) is 5.10 Å². The zero-order valence-electron chi connectivity index (χ0n) is 18.9. The number of hydrogen-bond donors (Lipinski definition) is 1. The third-order valence-corrected chi connectivity index (χ3v) is 9.03. The van der Waals surface area contributed by atoms with Crippen LogP contribution in [0.25, 0.3) is 0 Å². The fourth-order valence-electron chi connectivity index (χ4n) is 7.59. The Morgan fingerprint density at radius 1 is 1.03 bits per heavy atom. The Morgan fingerprint density at radius 3 is 2.26 bits per heavy atom. The van der Waals surface area contributed by atoms with Gasteiger partial charge in [-0.2, -0.15) is 5.10 Å². The van der Waals surface area contributed by atoms with Crippen LogP contribution in [-0.2, 0) is 10.3 Å². The van der Waals surface area contributed by atoms with Gasteiger partial charge in [-0.1, -0.05) is 23.7 Å². The number of halogens is 2. The highest BCUT2D eigenvalue weighted by Crippen LogP contribution is 2.61. The minimum absolute atomic E-state index is 0.0919. The molecule has 2 aromatic rings. The number of aromatic nitrogens is 2. The molecule has 4 aliphatic carbocycles. The van der Waals surface area contributed by atoms with Gasteiger partial charge in [-0.25, -0.2) is 9.07 Å². The Balaban J connectivity index is 1.29. The molecule has 9 heteroatoms. The van der Waals surface area contributed by atoms with Crippen molar-refractivity contribution in [2.24, 2.45) is 23.7 Å². The highest BCUT2D eigenvalue weighted by molar-refractivity contribution is 6.33. The Morgan fingerprint density at radius 2 is 1.65 bits per heavy atom. The molecule has 2 heterocycles. The lowest BCUT2D eigenvalue weighted by Crippen LogP contribution is -2.63. The van der Waals surface area contributed by atoms with Crippen molar-refractivity contribution in [3.63, 3.8) is 0 Å². The highest BCUT2D eigenvalue weighted by atomic mass is 35.5. The summed E-state index contributed by atoms with van der Waals surface area (Å²) in [4.78, 5) is 29.9. The Kier molecular flexibility index (Phi) is 5.13. The molecule has 180 valence electrons. The molecule has 1 aliphatic heterocycles. The third-order valence-electron chi connectivity index (χ3n) is 8.68. The predicted octanol–water partition coefficient (Wildman–Crippen LogP) is 3.60. The number of aliphatic carboxylic acids is 1. The van der Waals surface area contributed by atoms with Crippen LogP contribution in [0.15, 0.2) is 35.3 Å². The van der Waals surface area contributed by atoms with E-state index in [4.69, 9.17) is 11.6 Å². The number of carboxylic acids is 1. The summed E-state index contributed by atoms with van der Waals surface area (Å²) in [6, 6.07) is 6.72. The maximum absolute atomic E-state index is 14.2. The van der Waals surface area contributed by atoms with E-state index in [0.29, 0.717) is 62.2 Å². The molecule has 1 saturated heterocycles. The molecule has 1 aromatic carbocycles. The SMILES string of the molecule is O=C(O)C1C2CC3CC(C2)CC1(n1ncc(N2CCN(c4ccccc4F)CC2)c(Cl)c1=O)C3. The first-order valence-electron chi connectivity index (χ1n) is 12.1. The van der Waals surface area contributed by atoms with Gasteiger partial charge in [0, 0.05) is 26.2 Å². The topological polar surface area (TPSA) is 78.7 Å². The average Bonchev–Trinajstić information content (AvgIpc) is 2.80. The molecule has 5 aliphatic rings. The van der Waals surface area contributed by atoms with Crippen LogP contribution in [-0.4, -0.2) is 47.0 Å². The molecule has 1 N–H and O–H groups in total. The number of nitrogens with zero attached hydrogens (tertiary/aromatic N) is 4. The number of hydrogen-bond acceptors (Lipinski definition) is 5. The van der Waals surface area contributed by atoms with Crippen molar-refractivity contribution >= 4 is 28.9 Å². The molecule has 34 heavy (non-hydrogen) atoms. The molecule has 7 nitrogen and oxygen atoms in total. The van der Waals surface area contributed by atoms with Crippen molar-refractivity contribution in [2.45, 2.75) is 37.6 Å². The second-order valence-electron chi connectivity index (χ2n) is 10.5. The third kappa shape index (κ3) is 3.25. The van der Waals surface area contributed by atoms with E-state index in [1.807, 2.05) is 15.9 Å². The summed E-state index contributed by atoms with van der Waals surface area (Å²) in [6.07, 6.45) is 5.98. The normalized spacial score (nSPS) is 32.3. The molecule has 1 aromatic heterocycles. The zero-order valence-corrected chi connectivity index (χ0v) is 19.6. The number of carboxylic acid groups (broad SMARTS) is 1. The summed E-state index contributed by atoms with van der Waals surface area (Å²) >= 11 is 6.64. The number of para-hydroxylation sites is 1. The fraction of sp³-hybridized carbons (Fsp3) is 0.560. The predicted molar refractivity (Wildman–Crippen MR) is 127 cm³/mol. The molecule has 4 saturated carbocycles. The van der Waals surface area contributed by atoms with E-state index < -0.39 is 23.0 Å². The van der Waals surface area contributed by atoms with Crippen LogP contribution in [0.3, 0.4) is 0 Å². The standard InChI is InChI=1S/C25H28ClFN4O3/c26-22-20(30-7-5-29(6-8-30)19-4-2-1-3-18(19)27)14-28-31(23(22)32)25-12-15-9-16(13-25)11-17(10-15)21(25)24(33)34/h1-4,14-17,21H,5-13H2,(H,33,34). The monoisotopic (exact) mass is 486 g/mol. The van der Waals surface area contributed by atoms with Crippen LogP contribution < -0.4 is 15.4 Å². The smallest absolute Gasteiger partial charge is 0.309 e. The summed E-state index contributed by atoms with van der Waals surface area (Å²) in [5.74, 6) is -0.679. The van der Waals surface area contributed by atoms with E-state index >= 15 is 0 Å². The molecule has 0 amide bonds. The number of carbonyl (C=O) groups is 1. The van der Waals surface area contributed by atoms with E-state index in [-0.39, 0.29) is 16.8 Å². The largest absolute Gasteiger partial charge is 0.481 e. The van der Waals surface area contributed by atoms with Crippen molar-refractivity contribution in [3.8, 4) is 0 Å². The Hall–Kier alpha value is -2.61. The van der Waals surface area contributed by atoms with Crippen LogP contribution >= 0.6 is 11.6 Å². The minimum Gasteiger partial charge on any atom is -0.481 e. The Labute approximate surface area is 202 Å². The second-order valence-corrected chi connectivity index (χ2v) is 10.9. The maximum Gasteiger partial charge on any atom is 0.309 e. The fourth-order valence-corrected chi connectivity index (χ4v) is 7.84. The highest BCUT2D eigenvalue weighted by Gasteiger charge is 2.61. The van der Waals surface area contributed by atoms with Gasteiger partial charge in [0.2, 0.25) is 0 Å². The van der Waals surface area contributed by atoms with Crippen molar-refractivity contribution in [1.29, 1.82) is 0 Å². The van der Waals surface area contributed by atoms with Crippen LogP contribution in [0.4, 0.5) is 15.8 Å². The molecule has 0 radical (unpaired) electrons. The molecule has 7 rings (SSSR count). The van der Waals surface area contributed by atoms with Gasteiger partial charge in [0.25, 0.3) is 5.56 Å². The quantitative estimate of drug-likeness (QED) is 0.711. The van der Waals surface area contributed by atoms with Crippen molar-refractivity contribution in [2.75, 3.05) is 36.0 Å². The van der Waals surface area contributed by atoms with Crippen molar-refractivity contribution in [1.82, 2.24) is 9.78 Å². The number of rotatable bonds is 4. The summed E-state index contributed by atoms with van der Waals surface area (Å²) in [5, 5.41) is 14.8. The number of benzene rings is 1. The number of piperazine rings is 1. The molecule has 4 bridgehead atoms. The lowest BCUT2D eigenvalue weighted by molar-refractivity contribution is -0.168. The van der Waals surface area contributed by atoms with Gasteiger partial charge in [-0.3, -0.25) is 9.59 Å². The second kappa shape index (κ2) is 7.97. The van der Waals surface area contributed by atoms with Gasteiger partial charge < -0.3 is 14.9 Å².